The number of terminal acetylenes is 2. The van der Waals surface area contributed by atoms with Crippen molar-refractivity contribution in [2.24, 2.45) is 0 Å². The van der Waals surface area contributed by atoms with Crippen LogP contribution in [-0.4, -0.2) is 115 Å². The van der Waals surface area contributed by atoms with Crippen molar-refractivity contribution in [2.75, 3.05) is 18.0 Å². The van der Waals surface area contributed by atoms with Crippen molar-refractivity contribution >= 4 is 135 Å². The van der Waals surface area contributed by atoms with E-state index in [9.17, 15) is 0 Å². The van der Waals surface area contributed by atoms with E-state index in [2.05, 4.69) is 103 Å². The Kier molecular flexibility index (Phi) is 11.1. The molecule has 1 aromatic rings. The number of hydrogen-bond acceptors (Lipinski definition) is 1. The van der Waals surface area contributed by atoms with Crippen molar-refractivity contribution in [1.82, 2.24) is 0 Å². The Balaban J connectivity index is 3.81. The Morgan fingerprint density at radius 3 is 1.12 bits per heavy atom. The second kappa shape index (κ2) is 12.6. The quantitative estimate of drug-likeness (QED) is 0.238. The van der Waals surface area contributed by atoms with Gasteiger partial charge in [-0.1, -0.05) is 55.6 Å². The van der Waals surface area contributed by atoms with E-state index in [1.807, 2.05) is 15.7 Å². The number of anilines is 1. The monoisotopic (exact) mass is 429 g/mol. The zero-order valence-corrected chi connectivity index (χ0v) is 24.0. The lowest BCUT2D eigenvalue weighted by Crippen LogP contribution is -2.57. The van der Waals surface area contributed by atoms with Crippen LogP contribution in [0.15, 0.2) is 43.8 Å². The van der Waals surface area contributed by atoms with Crippen LogP contribution in [0.25, 0.3) is 0 Å². The first-order chi connectivity index (χ1) is 15.7. The van der Waals surface area contributed by atoms with E-state index in [0.29, 0.717) is 0 Å². The summed E-state index contributed by atoms with van der Waals surface area (Å²) in [6.07, 6.45) is 11.4. The van der Waals surface area contributed by atoms with E-state index in [1.165, 1.54) is 65.8 Å². The molecule has 1 aromatic carbocycles. The third-order valence-electron chi connectivity index (χ3n) is 8.10. The molecule has 1 rings (SSSR count). The predicted octanol–water partition coefficient (Wildman–Crippen LogP) is -13.0. The van der Waals surface area contributed by atoms with E-state index in [4.69, 9.17) is 12.8 Å². The summed E-state index contributed by atoms with van der Waals surface area (Å²) < 4.78 is 0. The standard InChI is InChI=1S/C20H32B13N/c1-3-7(21)11(25)13(27)9(23)5-34(6-10(24)14(28)12(26)8(22)4-2)20-18(32)16(30)15(29)17(31)19(20)33/h1-2H,5-6,21-33H2/b11-7-,12-8-,13-9-,14-10-. The summed E-state index contributed by atoms with van der Waals surface area (Å²) in [5.74, 6) is 5.61. The molecule has 0 saturated carbocycles. The molecule has 0 unspecified atom stereocenters. The van der Waals surface area contributed by atoms with Crippen LogP contribution in [0, 0.1) is 24.7 Å². The summed E-state index contributed by atoms with van der Waals surface area (Å²) in [6, 6.07) is 0. The molecule has 0 aliphatic rings. The summed E-state index contributed by atoms with van der Waals surface area (Å²) in [7, 11) is 28.4. The highest BCUT2D eigenvalue weighted by molar-refractivity contribution is 6.68. The van der Waals surface area contributed by atoms with Gasteiger partial charge in [0.1, 0.15) is 102 Å². The molecule has 0 aliphatic carbocycles. The third kappa shape index (κ3) is 6.54. The zero-order chi connectivity index (χ0) is 26.5. The number of benzene rings is 1. The Labute approximate surface area is 221 Å². The van der Waals surface area contributed by atoms with Crippen LogP contribution in [0.2, 0.25) is 0 Å². The molecule has 0 saturated heterocycles. The number of rotatable bonds is 7. The minimum atomic E-state index is 0.839. The second-order valence-corrected chi connectivity index (χ2v) is 9.93. The van der Waals surface area contributed by atoms with Crippen LogP contribution in [0.1, 0.15) is 0 Å². The molecule has 156 valence electrons. The van der Waals surface area contributed by atoms with Crippen LogP contribution >= 0.6 is 0 Å². The summed E-state index contributed by atoms with van der Waals surface area (Å²) in [5.41, 5.74) is 17.8. The predicted molar refractivity (Wildman–Crippen MR) is 194 cm³/mol. The molecule has 0 aromatic heterocycles. The van der Waals surface area contributed by atoms with E-state index in [1.54, 1.807) is 0 Å². The van der Waals surface area contributed by atoms with E-state index >= 15 is 0 Å². The number of nitrogens with zero attached hydrogens (tertiary/aromatic N) is 1. The Bertz CT molecular complexity index is 1120. The normalized spacial score (nSPS) is 13.9. The van der Waals surface area contributed by atoms with Gasteiger partial charge in [-0.2, -0.15) is 0 Å². The fraction of sp³-hybridized carbons (Fsp3) is 0.100. The van der Waals surface area contributed by atoms with Gasteiger partial charge in [0.15, 0.2) is 0 Å². The van der Waals surface area contributed by atoms with Crippen molar-refractivity contribution in [2.45, 2.75) is 0 Å². The molecule has 0 N–H and O–H groups in total. The van der Waals surface area contributed by atoms with Gasteiger partial charge >= 0.3 is 0 Å². The largest absolute Gasteiger partial charge is 0.366 e. The number of hydrogen-bond donors (Lipinski definition) is 0. The summed E-state index contributed by atoms with van der Waals surface area (Å²) in [6.45, 7) is 1.68. The second-order valence-electron chi connectivity index (χ2n) is 9.93. The molecule has 0 atom stereocenters. The third-order valence-corrected chi connectivity index (χ3v) is 8.10. The first kappa shape index (κ1) is 30.0. The van der Waals surface area contributed by atoms with Gasteiger partial charge in [0.25, 0.3) is 0 Å². The molecule has 0 fully saturated rings. The number of allylic oxidation sites excluding steroid dienone is 6. The Morgan fingerprint density at radius 2 is 0.824 bits per heavy atom. The maximum Gasteiger partial charge on any atom is 0.149 e. The lowest BCUT2D eigenvalue weighted by molar-refractivity contribution is 0.942. The smallest absolute Gasteiger partial charge is 0.149 e. The Morgan fingerprint density at radius 1 is 0.529 bits per heavy atom. The molecule has 1 nitrogen and oxygen atoms in total. The molecular weight excluding hydrogens is 395 g/mol. The van der Waals surface area contributed by atoms with Gasteiger partial charge in [0.05, 0.1) is 0 Å². The molecular formula is C20H32B13N. The average molecular weight is 427 g/mol. The van der Waals surface area contributed by atoms with Crippen LogP contribution in [0.4, 0.5) is 5.69 Å². The van der Waals surface area contributed by atoms with Gasteiger partial charge in [-0.05, 0) is 10.9 Å². The van der Waals surface area contributed by atoms with Crippen LogP contribution in [0.5, 0.6) is 0 Å². The molecule has 0 aliphatic heterocycles. The maximum atomic E-state index is 5.69. The molecule has 0 spiro atoms. The summed E-state index contributed by atoms with van der Waals surface area (Å²) >= 11 is 0. The lowest BCUT2D eigenvalue weighted by Gasteiger charge is -2.34. The van der Waals surface area contributed by atoms with E-state index in [0.717, 1.165) is 24.0 Å². The summed E-state index contributed by atoms with van der Waals surface area (Å²) in [4.78, 5) is 2.54. The van der Waals surface area contributed by atoms with Crippen molar-refractivity contribution in [1.29, 1.82) is 0 Å². The fourth-order valence-electron chi connectivity index (χ4n) is 4.40. The van der Waals surface area contributed by atoms with Gasteiger partial charge in [0, 0.05) is 18.8 Å². The van der Waals surface area contributed by atoms with Gasteiger partial charge in [-0.25, -0.2) is 0 Å². The maximum absolute atomic E-state index is 5.69. The van der Waals surface area contributed by atoms with Crippen molar-refractivity contribution in [3.05, 3.63) is 43.8 Å². The lowest BCUT2D eigenvalue weighted by atomic mass is 9.61. The van der Waals surface area contributed by atoms with Crippen molar-refractivity contribution in [3.63, 3.8) is 0 Å². The first-order valence-electron chi connectivity index (χ1n) is 12.1. The Hall–Kier alpha value is -2.06. The highest BCUT2D eigenvalue weighted by Gasteiger charge is 2.19. The minimum absolute atomic E-state index is 0.839. The van der Waals surface area contributed by atoms with Crippen LogP contribution < -0.4 is 32.2 Å². The van der Waals surface area contributed by atoms with Crippen molar-refractivity contribution in [3.8, 4) is 24.7 Å². The van der Waals surface area contributed by atoms with E-state index < -0.39 is 0 Å². The van der Waals surface area contributed by atoms with E-state index in [-0.39, 0.29) is 0 Å². The van der Waals surface area contributed by atoms with Gasteiger partial charge in [-0.3, -0.25) is 0 Å². The molecule has 34 heavy (non-hydrogen) atoms. The van der Waals surface area contributed by atoms with Crippen LogP contribution in [-0.2, 0) is 0 Å². The SMILES string of the molecule is B/C(C#C)=C(B)/C(B)=C(/B)CN(C/C(B)=C(B)\C(B)=C(\B)C#C)c1c(B)c(B)c(B)c(B)c1B. The fourth-order valence-corrected chi connectivity index (χ4v) is 4.40. The molecule has 0 amide bonds. The summed E-state index contributed by atoms with van der Waals surface area (Å²) in [5, 5.41) is 0. The first-order valence-corrected chi connectivity index (χ1v) is 12.1. The average Bonchev–Trinajstić information content (AvgIpc) is 2.82. The molecule has 14 heteroatoms. The van der Waals surface area contributed by atoms with Gasteiger partial charge < -0.3 is 4.90 Å². The molecule has 0 radical (unpaired) electrons. The van der Waals surface area contributed by atoms with Crippen LogP contribution in [0.3, 0.4) is 0 Å². The molecule has 0 heterocycles. The molecule has 0 bridgehead atoms. The van der Waals surface area contributed by atoms with Gasteiger partial charge in [0.2, 0.25) is 0 Å². The van der Waals surface area contributed by atoms with Crippen molar-refractivity contribution < 1.29 is 0 Å². The highest BCUT2D eigenvalue weighted by atomic mass is 15.1. The topological polar surface area (TPSA) is 3.24 Å². The van der Waals surface area contributed by atoms with Gasteiger partial charge in [-0.15, -0.1) is 29.3 Å². The minimum Gasteiger partial charge on any atom is -0.366 e. The zero-order valence-electron chi connectivity index (χ0n) is 24.0. The highest BCUT2D eigenvalue weighted by Crippen LogP contribution is 2.17.